The SMILES string of the molecule is CCCCCC(=O)c1ccc2c(c1)N(Cc1ccc(OC(F)(F)F)cc1)C(=O)[C@@H](NC(=O)OC(C)(C)C)CS2. The van der Waals surface area contributed by atoms with Crippen LogP contribution in [0.3, 0.4) is 0 Å². The standard InChI is InChI=1S/C28H33F3N2O5S/c1-5-6-7-8-23(34)19-11-14-24-22(15-19)33(16-18-9-12-20(13-10-18)37-28(29,30)31)25(35)21(17-39-24)32-26(36)38-27(2,3)4/h9-15,21H,5-8,16-17H2,1-4H3,(H,32,36)/t21-/m0/s1. The largest absolute Gasteiger partial charge is 0.573 e. The average Bonchev–Trinajstić information content (AvgIpc) is 2.95. The quantitative estimate of drug-likeness (QED) is 0.263. The number of ketones is 1. The van der Waals surface area contributed by atoms with Crippen LogP contribution in [0, 0.1) is 0 Å². The number of Topliss-reactive ketones (excluding diaryl/α,β-unsaturated/α-hetero) is 1. The normalized spacial score (nSPS) is 15.8. The number of carbonyl (C=O) groups is 3. The molecule has 0 saturated carbocycles. The molecule has 2 amide bonds. The van der Waals surface area contributed by atoms with E-state index in [2.05, 4.69) is 17.0 Å². The number of alkyl carbamates (subject to hydrolysis) is 1. The number of nitrogens with zero attached hydrogens (tertiary/aromatic N) is 1. The number of hydrogen-bond donors (Lipinski definition) is 1. The Morgan fingerprint density at radius 2 is 1.77 bits per heavy atom. The predicted molar refractivity (Wildman–Crippen MR) is 143 cm³/mol. The molecule has 0 radical (unpaired) electrons. The molecule has 2 aromatic carbocycles. The van der Waals surface area contributed by atoms with Gasteiger partial charge < -0.3 is 19.7 Å². The fraction of sp³-hybridized carbons (Fsp3) is 0.464. The molecule has 7 nitrogen and oxygen atoms in total. The van der Waals surface area contributed by atoms with Crippen molar-refractivity contribution >= 4 is 35.2 Å². The first-order valence-electron chi connectivity index (χ1n) is 12.7. The van der Waals surface area contributed by atoms with Crippen LogP contribution in [-0.2, 0) is 16.1 Å². The van der Waals surface area contributed by atoms with Gasteiger partial charge >= 0.3 is 12.5 Å². The van der Waals surface area contributed by atoms with E-state index in [1.165, 1.54) is 40.9 Å². The Balaban J connectivity index is 1.92. The van der Waals surface area contributed by atoms with Crippen molar-refractivity contribution in [1.82, 2.24) is 5.32 Å². The molecular weight excluding hydrogens is 533 g/mol. The van der Waals surface area contributed by atoms with Gasteiger partial charge in [0.15, 0.2) is 5.78 Å². The minimum Gasteiger partial charge on any atom is -0.444 e. The molecule has 0 bridgehead atoms. The molecule has 1 N–H and O–H groups in total. The third-order valence-corrected chi connectivity index (χ3v) is 6.89. The molecule has 0 unspecified atom stereocenters. The maximum absolute atomic E-state index is 13.7. The third kappa shape index (κ3) is 9.19. The molecule has 2 aromatic rings. The summed E-state index contributed by atoms with van der Waals surface area (Å²) in [4.78, 5) is 41.2. The highest BCUT2D eigenvalue weighted by Crippen LogP contribution is 2.37. The number of hydrogen-bond acceptors (Lipinski definition) is 6. The lowest BCUT2D eigenvalue weighted by Gasteiger charge is -2.27. The van der Waals surface area contributed by atoms with Crippen molar-refractivity contribution in [2.45, 2.75) is 82.8 Å². The molecule has 0 aromatic heterocycles. The Bertz CT molecular complexity index is 1180. The Hall–Kier alpha value is -3.21. The predicted octanol–water partition coefficient (Wildman–Crippen LogP) is 6.88. The third-order valence-electron chi connectivity index (χ3n) is 5.74. The summed E-state index contributed by atoms with van der Waals surface area (Å²) in [6, 6.07) is 9.46. The van der Waals surface area contributed by atoms with Crippen LogP contribution in [0.1, 0.15) is 69.3 Å². The lowest BCUT2D eigenvalue weighted by atomic mass is 10.0. The molecule has 0 fully saturated rings. The van der Waals surface area contributed by atoms with Crippen molar-refractivity contribution in [2.75, 3.05) is 10.7 Å². The number of alkyl halides is 3. The van der Waals surface area contributed by atoms with Crippen molar-refractivity contribution in [3.05, 3.63) is 53.6 Å². The van der Waals surface area contributed by atoms with Gasteiger partial charge in [0.25, 0.3) is 5.91 Å². The summed E-state index contributed by atoms with van der Waals surface area (Å²) in [6.07, 6.45) is -2.50. The highest BCUT2D eigenvalue weighted by atomic mass is 32.2. The number of amides is 2. The monoisotopic (exact) mass is 566 g/mol. The van der Waals surface area contributed by atoms with Crippen LogP contribution in [0.25, 0.3) is 0 Å². The van der Waals surface area contributed by atoms with Crippen molar-refractivity contribution < 1.29 is 37.0 Å². The minimum absolute atomic E-state index is 0.00132. The second-order valence-electron chi connectivity index (χ2n) is 10.2. The van der Waals surface area contributed by atoms with Gasteiger partial charge in [-0.05, 0) is 57.0 Å². The molecule has 0 saturated heterocycles. The maximum atomic E-state index is 13.7. The number of thioether (sulfide) groups is 1. The first-order valence-corrected chi connectivity index (χ1v) is 13.7. The summed E-state index contributed by atoms with van der Waals surface area (Å²) in [5.74, 6) is -0.624. The highest BCUT2D eigenvalue weighted by molar-refractivity contribution is 7.99. The Labute approximate surface area is 230 Å². The van der Waals surface area contributed by atoms with E-state index in [1.807, 2.05) is 0 Å². The van der Waals surface area contributed by atoms with E-state index in [9.17, 15) is 27.6 Å². The van der Waals surface area contributed by atoms with Gasteiger partial charge in [-0.3, -0.25) is 9.59 Å². The van der Waals surface area contributed by atoms with Crippen molar-refractivity contribution in [3.8, 4) is 5.75 Å². The second-order valence-corrected chi connectivity index (χ2v) is 11.3. The zero-order valence-electron chi connectivity index (χ0n) is 22.4. The molecule has 39 heavy (non-hydrogen) atoms. The number of unbranched alkanes of at least 4 members (excludes halogenated alkanes) is 2. The molecule has 3 rings (SSSR count). The Morgan fingerprint density at radius 1 is 1.08 bits per heavy atom. The van der Waals surface area contributed by atoms with Crippen LogP contribution in [0.4, 0.5) is 23.7 Å². The molecule has 0 spiro atoms. The number of rotatable bonds is 9. The van der Waals surface area contributed by atoms with Gasteiger partial charge in [-0.2, -0.15) is 0 Å². The number of fused-ring (bicyclic) bond motifs is 1. The first kappa shape index (κ1) is 30.3. The summed E-state index contributed by atoms with van der Waals surface area (Å²) in [5.41, 5.74) is 0.735. The highest BCUT2D eigenvalue weighted by Gasteiger charge is 2.34. The van der Waals surface area contributed by atoms with E-state index < -0.39 is 30.0 Å². The first-order chi connectivity index (χ1) is 18.3. The lowest BCUT2D eigenvalue weighted by molar-refractivity contribution is -0.274. The Kier molecular flexibility index (Phi) is 9.93. The number of ether oxygens (including phenoxy) is 2. The fourth-order valence-corrected chi connectivity index (χ4v) is 5.00. The van der Waals surface area contributed by atoms with Crippen LogP contribution < -0.4 is 15.0 Å². The number of benzene rings is 2. The van der Waals surface area contributed by atoms with E-state index >= 15 is 0 Å². The van der Waals surface area contributed by atoms with E-state index in [0.717, 1.165) is 24.2 Å². The molecule has 0 aliphatic carbocycles. The van der Waals surface area contributed by atoms with Gasteiger partial charge in [-0.1, -0.05) is 38.0 Å². The molecule has 212 valence electrons. The zero-order valence-corrected chi connectivity index (χ0v) is 23.2. The van der Waals surface area contributed by atoms with Crippen molar-refractivity contribution in [2.24, 2.45) is 0 Å². The van der Waals surface area contributed by atoms with E-state index in [-0.39, 0.29) is 23.8 Å². The molecule has 1 heterocycles. The summed E-state index contributed by atoms with van der Waals surface area (Å²) in [7, 11) is 0. The van der Waals surface area contributed by atoms with Gasteiger partial charge in [0, 0.05) is 22.6 Å². The van der Waals surface area contributed by atoms with Gasteiger partial charge in [0.05, 0.1) is 12.2 Å². The van der Waals surface area contributed by atoms with Gasteiger partial charge in [-0.25, -0.2) is 4.79 Å². The second kappa shape index (κ2) is 12.8. The molecule has 1 atom stereocenters. The summed E-state index contributed by atoms with van der Waals surface area (Å²) < 4.78 is 47.0. The van der Waals surface area contributed by atoms with Crippen LogP contribution in [0.5, 0.6) is 5.75 Å². The van der Waals surface area contributed by atoms with Gasteiger partial charge in [-0.15, -0.1) is 24.9 Å². The minimum atomic E-state index is -4.82. The van der Waals surface area contributed by atoms with Gasteiger partial charge in [0.2, 0.25) is 0 Å². The lowest BCUT2D eigenvalue weighted by Crippen LogP contribution is -2.50. The summed E-state index contributed by atoms with van der Waals surface area (Å²) in [5, 5.41) is 2.64. The fourth-order valence-electron chi connectivity index (χ4n) is 3.95. The molecule has 1 aliphatic heterocycles. The van der Waals surface area contributed by atoms with Crippen molar-refractivity contribution in [3.63, 3.8) is 0 Å². The maximum Gasteiger partial charge on any atom is 0.573 e. The Morgan fingerprint density at radius 3 is 2.38 bits per heavy atom. The molecule has 11 heteroatoms. The molecule has 1 aliphatic rings. The number of halogens is 3. The van der Waals surface area contributed by atoms with Crippen LogP contribution in [0.15, 0.2) is 47.4 Å². The number of nitrogens with one attached hydrogen (secondary N) is 1. The topological polar surface area (TPSA) is 84.9 Å². The smallest absolute Gasteiger partial charge is 0.444 e. The number of anilines is 1. The average molecular weight is 567 g/mol. The molecular formula is C28H33F3N2O5S. The van der Waals surface area contributed by atoms with Crippen LogP contribution in [0.2, 0.25) is 0 Å². The van der Waals surface area contributed by atoms with Gasteiger partial charge in [0.1, 0.15) is 17.4 Å². The number of carbonyl (C=O) groups excluding carboxylic acids is 3. The van der Waals surface area contributed by atoms with Crippen molar-refractivity contribution in [1.29, 1.82) is 0 Å². The van der Waals surface area contributed by atoms with Crippen LogP contribution >= 0.6 is 11.8 Å². The zero-order chi connectivity index (χ0) is 28.8. The summed E-state index contributed by atoms with van der Waals surface area (Å²) in [6.45, 7) is 7.19. The van der Waals surface area contributed by atoms with E-state index in [1.54, 1.807) is 39.0 Å². The summed E-state index contributed by atoms with van der Waals surface area (Å²) >= 11 is 1.36. The van der Waals surface area contributed by atoms with E-state index in [0.29, 0.717) is 23.2 Å². The van der Waals surface area contributed by atoms with E-state index in [4.69, 9.17) is 4.74 Å². The van der Waals surface area contributed by atoms with Crippen LogP contribution in [-0.4, -0.2) is 41.5 Å².